The van der Waals surface area contributed by atoms with Gasteiger partial charge in [0.1, 0.15) is 11.6 Å². The summed E-state index contributed by atoms with van der Waals surface area (Å²) in [5.74, 6) is 1.47. The van der Waals surface area contributed by atoms with E-state index in [1.807, 2.05) is 72.8 Å². The van der Waals surface area contributed by atoms with E-state index in [0.29, 0.717) is 11.5 Å². The molecule has 4 nitrogen and oxygen atoms in total. The van der Waals surface area contributed by atoms with Crippen LogP contribution in [-0.4, -0.2) is 12.9 Å². The maximum atomic E-state index is 6.07. The Balaban J connectivity index is 2.10. The predicted octanol–water partition coefficient (Wildman–Crippen LogP) is 5.07. The molecule has 0 saturated heterocycles. The van der Waals surface area contributed by atoms with Gasteiger partial charge in [-0.05, 0) is 52.9 Å². The second kappa shape index (κ2) is 8.02. The number of nitrogen functional groups attached to an aromatic ring is 1. The quantitative estimate of drug-likeness (QED) is 0.256. The molecule has 3 rings (SSSR count). The van der Waals surface area contributed by atoms with E-state index in [-0.39, 0.29) is 0 Å². The van der Waals surface area contributed by atoms with E-state index in [2.05, 4.69) is 27.9 Å². The highest BCUT2D eigenvalue weighted by Gasteiger charge is 2.11. The van der Waals surface area contributed by atoms with Gasteiger partial charge in [0.25, 0.3) is 0 Å². The van der Waals surface area contributed by atoms with Gasteiger partial charge in [0, 0.05) is 9.13 Å². The lowest BCUT2D eigenvalue weighted by Gasteiger charge is -2.15. The highest BCUT2D eigenvalue weighted by atomic mass is 127. The average Bonchev–Trinajstić information content (AvgIpc) is 2.64. The fourth-order valence-electron chi connectivity index (χ4n) is 2.39. The van der Waals surface area contributed by atoms with Crippen molar-refractivity contribution in [1.82, 2.24) is 0 Å². The van der Waals surface area contributed by atoms with Gasteiger partial charge in [0.05, 0.1) is 24.2 Å². The molecule has 3 N–H and O–H groups in total. The minimum atomic E-state index is 0.632. The Morgan fingerprint density at radius 3 is 2.40 bits per heavy atom. The molecule has 3 aromatic rings. The predicted molar refractivity (Wildman–Crippen MR) is 113 cm³/mol. The molecule has 0 saturated carbocycles. The van der Waals surface area contributed by atoms with Crippen molar-refractivity contribution in [3.8, 4) is 5.75 Å². The summed E-state index contributed by atoms with van der Waals surface area (Å²) in [5.41, 5.74) is 9.27. The van der Waals surface area contributed by atoms with Crippen molar-refractivity contribution in [2.45, 2.75) is 0 Å². The summed E-state index contributed by atoms with van der Waals surface area (Å²) in [6.07, 6.45) is 0. The zero-order valence-electron chi connectivity index (χ0n) is 13.7. The molecule has 0 spiro atoms. The molecule has 3 aromatic carbocycles. The fourth-order valence-corrected chi connectivity index (χ4v) is 3.04. The molecule has 0 aromatic heterocycles. The van der Waals surface area contributed by atoms with Gasteiger partial charge in [-0.1, -0.05) is 42.5 Å². The van der Waals surface area contributed by atoms with Crippen LogP contribution in [0.15, 0.2) is 77.8 Å². The van der Waals surface area contributed by atoms with Gasteiger partial charge in [-0.2, -0.15) is 0 Å². The van der Waals surface area contributed by atoms with E-state index in [1.165, 1.54) is 0 Å². The van der Waals surface area contributed by atoms with Crippen molar-refractivity contribution in [2.24, 2.45) is 4.99 Å². The number of ether oxygens (including phenoxy) is 1. The summed E-state index contributed by atoms with van der Waals surface area (Å²) in [6.45, 7) is 0. The highest BCUT2D eigenvalue weighted by Crippen LogP contribution is 2.27. The van der Waals surface area contributed by atoms with Crippen LogP contribution < -0.4 is 15.8 Å². The van der Waals surface area contributed by atoms with Gasteiger partial charge in [-0.25, -0.2) is 4.99 Å². The number of nitrogens with two attached hydrogens (primary N) is 1. The maximum Gasteiger partial charge on any atom is 0.142 e. The normalized spacial score (nSPS) is 11.2. The molecule has 25 heavy (non-hydrogen) atoms. The molecular weight excluding hydrogens is 425 g/mol. The summed E-state index contributed by atoms with van der Waals surface area (Å²) in [6, 6.07) is 23.4. The third-order valence-corrected chi connectivity index (χ3v) is 4.60. The molecule has 5 heteroatoms. The van der Waals surface area contributed by atoms with Crippen LogP contribution in [0, 0.1) is 3.57 Å². The van der Waals surface area contributed by atoms with Crippen molar-refractivity contribution < 1.29 is 4.74 Å². The van der Waals surface area contributed by atoms with E-state index in [0.717, 1.165) is 26.3 Å². The van der Waals surface area contributed by atoms with Crippen molar-refractivity contribution in [3.63, 3.8) is 0 Å². The van der Waals surface area contributed by atoms with Crippen LogP contribution in [0.1, 0.15) is 5.56 Å². The molecule has 0 aliphatic rings. The topological polar surface area (TPSA) is 59.6 Å². The smallest absolute Gasteiger partial charge is 0.142 e. The van der Waals surface area contributed by atoms with Crippen LogP contribution in [0.5, 0.6) is 5.75 Å². The lowest BCUT2D eigenvalue weighted by atomic mass is 10.2. The SMILES string of the molecule is COc1ccccc1NC(=Nc1ccccc1N)c1ccccc1I. The third kappa shape index (κ3) is 4.11. The number of amidine groups is 1. The van der Waals surface area contributed by atoms with Crippen LogP contribution in [-0.2, 0) is 0 Å². The Hall–Kier alpha value is -2.54. The van der Waals surface area contributed by atoms with Crippen LogP contribution in [0.3, 0.4) is 0 Å². The molecule has 0 bridgehead atoms. The summed E-state index contributed by atoms with van der Waals surface area (Å²) >= 11 is 2.30. The number of halogens is 1. The zero-order chi connectivity index (χ0) is 17.6. The molecule has 0 fully saturated rings. The summed E-state index contributed by atoms with van der Waals surface area (Å²) in [4.78, 5) is 4.78. The van der Waals surface area contributed by atoms with E-state index in [1.54, 1.807) is 7.11 Å². The van der Waals surface area contributed by atoms with E-state index < -0.39 is 0 Å². The Bertz CT molecular complexity index is 909. The average molecular weight is 443 g/mol. The zero-order valence-corrected chi connectivity index (χ0v) is 15.9. The van der Waals surface area contributed by atoms with E-state index in [9.17, 15) is 0 Å². The molecule has 0 aliphatic carbocycles. The lowest BCUT2D eigenvalue weighted by molar-refractivity contribution is 0.417. The third-order valence-electron chi connectivity index (χ3n) is 3.66. The Morgan fingerprint density at radius 2 is 1.64 bits per heavy atom. The van der Waals surface area contributed by atoms with Crippen LogP contribution in [0.25, 0.3) is 0 Å². The van der Waals surface area contributed by atoms with Crippen molar-refractivity contribution in [2.75, 3.05) is 18.2 Å². The maximum absolute atomic E-state index is 6.07. The number of rotatable bonds is 4. The van der Waals surface area contributed by atoms with E-state index >= 15 is 0 Å². The van der Waals surface area contributed by atoms with Crippen LogP contribution in [0.2, 0.25) is 0 Å². The molecule has 0 aliphatic heterocycles. The number of hydrogen-bond donors (Lipinski definition) is 2. The number of methoxy groups -OCH3 is 1. The standard InChI is InChI=1S/C20H18IN3O/c1-25-19-13-7-6-12-18(19)24-20(14-8-2-3-9-15(14)21)23-17-11-5-4-10-16(17)22/h2-13H,22H2,1H3,(H,23,24). The van der Waals surface area contributed by atoms with Crippen molar-refractivity contribution in [1.29, 1.82) is 0 Å². The van der Waals surface area contributed by atoms with Crippen LogP contribution in [0.4, 0.5) is 17.1 Å². The van der Waals surface area contributed by atoms with Gasteiger partial charge < -0.3 is 15.8 Å². The van der Waals surface area contributed by atoms with Gasteiger partial charge in [-0.15, -0.1) is 0 Å². The summed E-state index contributed by atoms with van der Waals surface area (Å²) < 4.78 is 6.54. The van der Waals surface area contributed by atoms with E-state index in [4.69, 9.17) is 15.5 Å². The van der Waals surface area contributed by atoms with Crippen molar-refractivity contribution in [3.05, 3.63) is 81.9 Å². The second-order valence-electron chi connectivity index (χ2n) is 5.32. The number of nitrogens with zero attached hydrogens (tertiary/aromatic N) is 1. The van der Waals surface area contributed by atoms with Crippen LogP contribution >= 0.6 is 22.6 Å². The van der Waals surface area contributed by atoms with Crippen molar-refractivity contribution >= 4 is 45.5 Å². The number of anilines is 2. The fraction of sp³-hybridized carbons (Fsp3) is 0.0500. The molecule has 0 heterocycles. The Morgan fingerprint density at radius 1 is 0.960 bits per heavy atom. The second-order valence-corrected chi connectivity index (χ2v) is 6.49. The number of hydrogen-bond acceptors (Lipinski definition) is 3. The molecule has 0 amide bonds. The largest absolute Gasteiger partial charge is 0.495 e. The summed E-state index contributed by atoms with van der Waals surface area (Å²) in [7, 11) is 1.65. The first-order valence-electron chi connectivity index (χ1n) is 7.77. The Labute approximate surface area is 160 Å². The van der Waals surface area contributed by atoms with Gasteiger partial charge >= 0.3 is 0 Å². The first kappa shape index (κ1) is 17.3. The molecule has 0 unspecified atom stereocenters. The highest BCUT2D eigenvalue weighted by molar-refractivity contribution is 14.1. The first-order valence-corrected chi connectivity index (χ1v) is 8.85. The monoisotopic (exact) mass is 443 g/mol. The number of nitrogens with one attached hydrogen (secondary N) is 1. The minimum Gasteiger partial charge on any atom is -0.495 e. The van der Waals surface area contributed by atoms with Gasteiger partial charge in [-0.3, -0.25) is 0 Å². The number of para-hydroxylation sites is 4. The summed E-state index contributed by atoms with van der Waals surface area (Å²) in [5, 5.41) is 3.40. The lowest BCUT2D eigenvalue weighted by Crippen LogP contribution is -2.15. The Kier molecular flexibility index (Phi) is 5.55. The molecule has 0 radical (unpaired) electrons. The minimum absolute atomic E-state index is 0.632. The molecule has 0 atom stereocenters. The van der Waals surface area contributed by atoms with Gasteiger partial charge in [0.15, 0.2) is 0 Å². The number of benzene rings is 3. The molecular formula is C20H18IN3O. The number of aliphatic imine (C=N–C) groups is 1. The molecule has 126 valence electrons. The van der Waals surface area contributed by atoms with Gasteiger partial charge in [0.2, 0.25) is 0 Å². The first-order chi connectivity index (χ1) is 12.2.